The zero-order chi connectivity index (χ0) is 9.97. The second kappa shape index (κ2) is 4.04. The summed E-state index contributed by atoms with van der Waals surface area (Å²) < 4.78 is 5.42. The summed E-state index contributed by atoms with van der Waals surface area (Å²) in [5.74, 6) is 2.63. The topological polar surface area (TPSA) is 50.4 Å². The number of hydrogen-bond donors (Lipinski definition) is 1. The monoisotopic (exact) mass is 211 g/mol. The summed E-state index contributed by atoms with van der Waals surface area (Å²) in [7, 11) is 0. The van der Waals surface area contributed by atoms with Crippen molar-refractivity contribution in [2.75, 3.05) is 12.3 Å². The van der Waals surface area contributed by atoms with Gasteiger partial charge in [-0.15, -0.1) is 0 Å². The van der Waals surface area contributed by atoms with Gasteiger partial charge in [-0.1, -0.05) is 11.8 Å². The number of aliphatic imine (C=N–C) groups is 1. The van der Waals surface area contributed by atoms with Gasteiger partial charge >= 0.3 is 0 Å². The van der Waals surface area contributed by atoms with Crippen LogP contribution in [0.15, 0.2) is 15.6 Å². The molecule has 1 aromatic rings. The van der Waals surface area contributed by atoms with Crippen LogP contribution in [-0.2, 0) is 0 Å². The summed E-state index contributed by atoms with van der Waals surface area (Å²) in [6.07, 6.45) is 1.73. The highest BCUT2D eigenvalue weighted by atomic mass is 32.2. The lowest BCUT2D eigenvalue weighted by Gasteiger charge is -2.10. The first kappa shape index (κ1) is 9.58. The van der Waals surface area contributed by atoms with Crippen molar-refractivity contribution < 1.29 is 4.42 Å². The number of nitrogens with one attached hydrogen (secondary N) is 1. The number of aryl methyl sites for hydroxylation is 1. The van der Waals surface area contributed by atoms with Gasteiger partial charge in [-0.25, -0.2) is 4.98 Å². The summed E-state index contributed by atoms with van der Waals surface area (Å²) in [6.45, 7) is 4.82. The lowest BCUT2D eigenvalue weighted by molar-refractivity contribution is 0.430. The third kappa shape index (κ3) is 2.09. The van der Waals surface area contributed by atoms with Crippen molar-refractivity contribution in [1.29, 1.82) is 0 Å². The molecule has 1 aliphatic rings. The van der Waals surface area contributed by atoms with Crippen molar-refractivity contribution in [2.24, 2.45) is 4.99 Å². The first-order valence-electron chi connectivity index (χ1n) is 4.62. The van der Waals surface area contributed by atoms with Gasteiger partial charge in [0.15, 0.2) is 5.17 Å². The molecule has 0 aliphatic carbocycles. The van der Waals surface area contributed by atoms with Crippen molar-refractivity contribution in [2.45, 2.75) is 19.9 Å². The molecule has 1 atom stereocenters. The first-order valence-corrected chi connectivity index (χ1v) is 5.60. The maximum absolute atomic E-state index is 5.42. The lowest BCUT2D eigenvalue weighted by atomic mass is 10.3. The normalized spacial score (nSPS) is 18.0. The number of amidine groups is 1. The molecule has 76 valence electrons. The lowest BCUT2D eigenvalue weighted by Crippen LogP contribution is -2.23. The number of rotatable bonds is 2. The van der Waals surface area contributed by atoms with Crippen LogP contribution in [0.25, 0.3) is 0 Å². The molecule has 0 saturated carbocycles. The Labute approximate surface area is 87.2 Å². The van der Waals surface area contributed by atoms with Crippen molar-refractivity contribution in [3.05, 3.63) is 17.8 Å². The molecule has 2 heterocycles. The maximum atomic E-state index is 5.42. The van der Waals surface area contributed by atoms with E-state index in [1.165, 1.54) is 0 Å². The zero-order valence-electron chi connectivity index (χ0n) is 8.28. The highest BCUT2D eigenvalue weighted by Gasteiger charge is 2.15. The van der Waals surface area contributed by atoms with Crippen molar-refractivity contribution >= 4 is 16.9 Å². The van der Waals surface area contributed by atoms with E-state index >= 15 is 0 Å². The summed E-state index contributed by atoms with van der Waals surface area (Å²) >= 11 is 1.74. The molecule has 4 nitrogen and oxygen atoms in total. The van der Waals surface area contributed by atoms with Crippen LogP contribution < -0.4 is 5.32 Å². The van der Waals surface area contributed by atoms with Crippen LogP contribution >= 0.6 is 11.8 Å². The van der Waals surface area contributed by atoms with Gasteiger partial charge in [0.05, 0.1) is 12.7 Å². The average Bonchev–Trinajstić information content (AvgIpc) is 2.75. The summed E-state index contributed by atoms with van der Waals surface area (Å²) in [6, 6.07) is 0.0908. The molecule has 1 N–H and O–H groups in total. The van der Waals surface area contributed by atoms with Gasteiger partial charge in [0, 0.05) is 5.75 Å². The standard InChI is InChI=1S/C9H13N3OS/c1-6-5-11-8(13-6)7(2)12-9-10-3-4-14-9/h5,7H,3-4H2,1-2H3,(H,10,12). The van der Waals surface area contributed by atoms with Gasteiger partial charge in [-0.2, -0.15) is 0 Å². The molecule has 0 fully saturated rings. The van der Waals surface area contributed by atoms with E-state index in [4.69, 9.17) is 4.42 Å². The number of nitrogens with zero attached hydrogens (tertiary/aromatic N) is 2. The molecule has 2 rings (SSSR count). The van der Waals surface area contributed by atoms with E-state index in [0.717, 1.165) is 29.1 Å². The predicted molar refractivity (Wildman–Crippen MR) is 57.6 cm³/mol. The molecule has 1 unspecified atom stereocenters. The minimum Gasteiger partial charge on any atom is -0.444 e. The Morgan fingerprint density at radius 2 is 2.50 bits per heavy atom. The number of aromatic nitrogens is 1. The van der Waals surface area contributed by atoms with Crippen LogP contribution in [0.3, 0.4) is 0 Å². The van der Waals surface area contributed by atoms with E-state index in [2.05, 4.69) is 15.3 Å². The Balaban J connectivity index is 1.98. The minimum atomic E-state index is 0.0908. The van der Waals surface area contributed by atoms with Gasteiger partial charge < -0.3 is 9.73 Å². The van der Waals surface area contributed by atoms with E-state index in [1.54, 1.807) is 18.0 Å². The molecule has 0 spiro atoms. The number of oxazole rings is 1. The molecule has 0 amide bonds. The van der Waals surface area contributed by atoms with Gasteiger partial charge in [-0.3, -0.25) is 4.99 Å². The fraction of sp³-hybridized carbons (Fsp3) is 0.556. The molecule has 1 aliphatic heterocycles. The fourth-order valence-corrected chi connectivity index (χ4v) is 2.06. The average molecular weight is 211 g/mol. The maximum Gasteiger partial charge on any atom is 0.216 e. The highest BCUT2D eigenvalue weighted by molar-refractivity contribution is 8.14. The zero-order valence-corrected chi connectivity index (χ0v) is 9.10. The second-order valence-electron chi connectivity index (χ2n) is 3.21. The molecule has 14 heavy (non-hydrogen) atoms. The Morgan fingerprint density at radius 1 is 1.64 bits per heavy atom. The quantitative estimate of drug-likeness (QED) is 0.809. The van der Waals surface area contributed by atoms with E-state index in [1.807, 2.05) is 13.8 Å². The Morgan fingerprint density at radius 3 is 3.07 bits per heavy atom. The first-order chi connectivity index (χ1) is 6.75. The largest absolute Gasteiger partial charge is 0.444 e. The van der Waals surface area contributed by atoms with Crippen LogP contribution in [0.4, 0.5) is 0 Å². The third-order valence-corrected chi connectivity index (χ3v) is 2.84. The van der Waals surface area contributed by atoms with Crippen LogP contribution in [0.1, 0.15) is 24.6 Å². The SMILES string of the molecule is Cc1cnc(C(C)NC2=NCCS2)o1. The molecular weight excluding hydrogens is 198 g/mol. The number of hydrogen-bond acceptors (Lipinski definition) is 5. The summed E-state index contributed by atoms with van der Waals surface area (Å²) in [5.41, 5.74) is 0. The van der Waals surface area contributed by atoms with Crippen LogP contribution in [0.5, 0.6) is 0 Å². The molecule has 5 heteroatoms. The van der Waals surface area contributed by atoms with Gasteiger partial charge in [0.25, 0.3) is 0 Å². The van der Waals surface area contributed by atoms with Crippen molar-refractivity contribution in [3.8, 4) is 0 Å². The van der Waals surface area contributed by atoms with Gasteiger partial charge in [-0.05, 0) is 13.8 Å². The molecular formula is C9H13N3OS. The molecule has 0 bridgehead atoms. The highest BCUT2D eigenvalue weighted by Crippen LogP contribution is 2.16. The van der Waals surface area contributed by atoms with Crippen LogP contribution in [0, 0.1) is 6.92 Å². The molecule has 0 aromatic carbocycles. The van der Waals surface area contributed by atoms with Gasteiger partial charge in [0.1, 0.15) is 11.8 Å². The summed E-state index contributed by atoms with van der Waals surface area (Å²) in [4.78, 5) is 8.47. The smallest absolute Gasteiger partial charge is 0.216 e. The van der Waals surface area contributed by atoms with Crippen LogP contribution in [-0.4, -0.2) is 22.4 Å². The molecule has 1 aromatic heterocycles. The van der Waals surface area contributed by atoms with Gasteiger partial charge in [0.2, 0.25) is 5.89 Å². The fourth-order valence-electron chi connectivity index (χ4n) is 1.24. The molecule has 0 radical (unpaired) electrons. The molecule has 0 saturated heterocycles. The van der Waals surface area contributed by atoms with E-state index in [9.17, 15) is 0 Å². The summed E-state index contributed by atoms with van der Waals surface area (Å²) in [5, 5.41) is 4.26. The van der Waals surface area contributed by atoms with Crippen LogP contribution in [0.2, 0.25) is 0 Å². The van der Waals surface area contributed by atoms with Crippen molar-refractivity contribution in [1.82, 2.24) is 10.3 Å². The van der Waals surface area contributed by atoms with E-state index in [-0.39, 0.29) is 6.04 Å². The third-order valence-electron chi connectivity index (χ3n) is 1.94. The number of thioether (sulfide) groups is 1. The Bertz CT molecular complexity index is 348. The Kier molecular flexibility index (Phi) is 2.77. The van der Waals surface area contributed by atoms with E-state index in [0.29, 0.717) is 0 Å². The second-order valence-corrected chi connectivity index (χ2v) is 4.29. The van der Waals surface area contributed by atoms with E-state index < -0.39 is 0 Å². The predicted octanol–water partition coefficient (Wildman–Crippen LogP) is 1.74. The Hall–Kier alpha value is -0.970. The minimum absolute atomic E-state index is 0.0908. The van der Waals surface area contributed by atoms with Crippen molar-refractivity contribution in [3.63, 3.8) is 0 Å².